The van der Waals surface area contributed by atoms with E-state index in [4.69, 9.17) is 5.11 Å². The standard InChI is InChI=1S/C16H14FNO4S/c1-11-2-7-14(8-3-11)23(21,22)18-15-10-13(17)6-4-12(15)5-9-16(19)20/h2-10,18H,1H3,(H,19,20)/b9-5+. The first-order valence-corrected chi connectivity index (χ1v) is 8.06. The lowest BCUT2D eigenvalue weighted by molar-refractivity contribution is -0.131. The van der Waals surface area contributed by atoms with E-state index in [2.05, 4.69) is 4.72 Å². The van der Waals surface area contributed by atoms with Crippen molar-refractivity contribution in [3.63, 3.8) is 0 Å². The van der Waals surface area contributed by atoms with Crippen LogP contribution < -0.4 is 4.72 Å². The maximum Gasteiger partial charge on any atom is 0.328 e. The average Bonchev–Trinajstić information content (AvgIpc) is 2.46. The molecule has 0 radical (unpaired) electrons. The van der Waals surface area contributed by atoms with Gasteiger partial charge in [0.25, 0.3) is 10.0 Å². The van der Waals surface area contributed by atoms with Crippen LogP contribution in [-0.4, -0.2) is 19.5 Å². The van der Waals surface area contributed by atoms with E-state index >= 15 is 0 Å². The van der Waals surface area contributed by atoms with Gasteiger partial charge in [0.05, 0.1) is 10.6 Å². The SMILES string of the molecule is Cc1ccc(S(=O)(=O)Nc2cc(F)ccc2/C=C/C(=O)O)cc1. The molecule has 0 fully saturated rings. The first-order valence-electron chi connectivity index (χ1n) is 6.58. The van der Waals surface area contributed by atoms with Gasteiger partial charge in [-0.1, -0.05) is 17.7 Å². The number of carboxylic acid groups (broad SMARTS) is 1. The van der Waals surface area contributed by atoms with Crippen molar-refractivity contribution in [2.24, 2.45) is 0 Å². The zero-order valence-corrected chi connectivity index (χ0v) is 13.0. The van der Waals surface area contributed by atoms with E-state index in [0.29, 0.717) is 0 Å². The fourth-order valence-electron chi connectivity index (χ4n) is 1.84. The molecule has 0 saturated carbocycles. The highest BCUT2D eigenvalue weighted by Crippen LogP contribution is 2.23. The Kier molecular flexibility index (Phi) is 4.80. The summed E-state index contributed by atoms with van der Waals surface area (Å²) in [5.74, 6) is -1.83. The molecule has 120 valence electrons. The molecule has 23 heavy (non-hydrogen) atoms. The van der Waals surface area contributed by atoms with Gasteiger partial charge in [-0.05, 0) is 48.9 Å². The molecule has 2 rings (SSSR count). The normalized spacial score (nSPS) is 11.6. The molecule has 2 aromatic rings. The van der Waals surface area contributed by atoms with E-state index in [9.17, 15) is 17.6 Å². The highest BCUT2D eigenvalue weighted by molar-refractivity contribution is 7.92. The first-order chi connectivity index (χ1) is 10.8. The van der Waals surface area contributed by atoms with Crippen LogP contribution in [0.2, 0.25) is 0 Å². The summed E-state index contributed by atoms with van der Waals surface area (Å²) in [4.78, 5) is 10.6. The molecule has 0 aliphatic heterocycles. The van der Waals surface area contributed by atoms with E-state index < -0.39 is 21.8 Å². The number of hydrogen-bond donors (Lipinski definition) is 2. The van der Waals surface area contributed by atoms with Gasteiger partial charge in [0.1, 0.15) is 5.82 Å². The lowest BCUT2D eigenvalue weighted by Gasteiger charge is -2.11. The summed E-state index contributed by atoms with van der Waals surface area (Å²) in [5, 5.41) is 8.66. The number of carbonyl (C=O) groups is 1. The Morgan fingerprint density at radius 3 is 2.43 bits per heavy atom. The van der Waals surface area contributed by atoms with Crippen LogP contribution in [0, 0.1) is 12.7 Å². The minimum absolute atomic E-state index is 0.0283. The van der Waals surface area contributed by atoms with Crippen molar-refractivity contribution in [1.82, 2.24) is 0 Å². The van der Waals surface area contributed by atoms with Gasteiger partial charge in [-0.2, -0.15) is 0 Å². The summed E-state index contributed by atoms with van der Waals surface area (Å²) in [6.07, 6.45) is 2.03. The maximum atomic E-state index is 13.4. The Labute approximate surface area is 133 Å². The second kappa shape index (κ2) is 6.62. The molecule has 0 unspecified atom stereocenters. The van der Waals surface area contributed by atoms with Gasteiger partial charge in [0.15, 0.2) is 0 Å². The summed E-state index contributed by atoms with van der Waals surface area (Å²) in [7, 11) is -3.91. The minimum atomic E-state index is -3.91. The first kappa shape index (κ1) is 16.7. The lowest BCUT2D eigenvalue weighted by atomic mass is 10.1. The number of hydrogen-bond acceptors (Lipinski definition) is 3. The molecule has 0 aliphatic rings. The number of anilines is 1. The van der Waals surface area contributed by atoms with Crippen molar-refractivity contribution in [2.75, 3.05) is 4.72 Å². The molecule has 0 atom stereocenters. The van der Waals surface area contributed by atoms with Crippen LogP contribution in [0.25, 0.3) is 6.08 Å². The van der Waals surface area contributed by atoms with Crippen molar-refractivity contribution >= 4 is 27.8 Å². The molecule has 2 N–H and O–H groups in total. The van der Waals surface area contributed by atoms with E-state index in [1.165, 1.54) is 24.3 Å². The highest BCUT2D eigenvalue weighted by Gasteiger charge is 2.16. The molecule has 7 heteroatoms. The number of benzene rings is 2. The molecular weight excluding hydrogens is 321 g/mol. The van der Waals surface area contributed by atoms with Gasteiger partial charge in [-0.25, -0.2) is 17.6 Å². The molecule has 0 heterocycles. The number of nitrogens with one attached hydrogen (secondary N) is 1. The van der Waals surface area contributed by atoms with Crippen molar-refractivity contribution in [2.45, 2.75) is 11.8 Å². The third-order valence-electron chi connectivity index (χ3n) is 3.00. The molecule has 2 aromatic carbocycles. The Balaban J connectivity index is 2.40. The van der Waals surface area contributed by atoms with Gasteiger partial charge in [-0.3, -0.25) is 4.72 Å². The monoisotopic (exact) mass is 335 g/mol. The molecule has 0 amide bonds. The lowest BCUT2D eigenvalue weighted by Crippen LogP contribution is -2.14. The quantitative estimate of drug-likeness (QED) is 0.823. The van der Waals surface area contributed by atoms with Crippen molar-refractivity contribution < 1.29 is 22.7 Å². The number of aliphatic carboxylic acids is 1. The number of carboxylic acids is 1. The minimum Gasteiger partial charge on any atom is -0.478 e. The van der Waals surface area contributed by atoms with Crippen LogP contribution in [0.1, 0.15) is 11.1 Å². The van der Waals surface area contributed by atoms with Crippen LogP contribution in [0.15, 0.2) is 53.4 Å². The van der Waals surface area contributed by atoms with E-state index in [0.717, 1.165) is 23.8 Å². The molecule has 0 bridgehead atoms. The smallest absolute Gasteiger partial charge is 0.328 e. The van der Waals surface area contributed by atoms with E-state index in [1.807, 2.05) is 6.92 Å². The fourth-order valence-corrected chi connectivity index (χ4v) is 2.92. The summed E-state index contributed by atoms with van der Waals surface area (Å²) >= 11 is 0. The summed E-state index contributed by atoms with van der Waals surface area (Å²) in [5.41, 5.74) is 1.10. The predicted molar refractivity (Wildman–Crippen MR) is 85.1 cm³/mol. The van der Waals surface area contributed by atoms with E-state index in [1.54, 1.807) is 12.1 Å². The Hall–Kier alpha value is -2.67. The van der Waals surface area contributed by atoms with E-state index in [-0.39, 0.29) is 16.1 Å². The number of aryl methyl sites for hydroxylation is 1. The Morgan fingerprint density at radius 2 is 1.83 bits per heavy atom. The maximum absolute atomic E-state index is 13.4. The van der Waals surface area contributed by atoms with Gasteiger partial charge in [0, 0.05) is 6.08 Å². The second-order valence-electron chi connectivity index (χ2n) is 4.82. The summed E-state index contributed by atoms with van der Waals surface area (Å²) in [6, 6.07) is 9.56. The molecule has 0 saturated heterocycles. The molecule has 5 nitrogen and oxygen atoms in total. The Morgan fingerprint density at radius 1 is 1.17 bits per heavy atom. The summed E-state index contributed by atoms with van der Waals surface area (Å²) in [6.45, 7) is 1.82. The Bertz CT molecular complexity index is 858. The molecule has 0 spiro atoms. The zero-order valence-electron chi connectivity index (χ0n) is 12.2. The molecule has 0 aliphatic carbocycles. The van der Waals surface area contributed by atoms with Gasteiger partial charge in [-0.15, -0.1) is 0 Å². The third-order valence-corrected chi connectivity index (χ3v) is 4.38. The van der Waals surface area contributed by atoms with Crippen molar-refractivity contribution in [3.8, 4) is 0 Å². The molecular formula is C16H14FNO4S. The van der Waals surface area contributed by atoms with Gasteiger partial charge in [0.2, 0.25) is 0 Å². The van der Waals surface area contributed by atoms with Crippen LogP contribution in [-0.2, 0) is 14.8 Å². The number of halogens is 1. The number of rotatable bonds is 5. The number of sulfonamides is 1. The highest BCUT2D eigenvalue weighted by atomic mass is 32.2. The summed E-state index contributed by atoms with van der Waals surface area (Å²) < 4.78 is 40.4. The van der Waals surface area contributed by atoms with Gasteiger partial charge >= 0.3 is 5.97 Å². The molecule has 0 aromatic heterocycles. The van der Waals surface area contributed by atoms with Crippen LogP contribution in [0.3, 0.4) is 0 Å². The van der Waals surface area contributed by atoms with Crippen molar-refractivity contribution in [1.29, 1.82) is 0 Å². The van der Waals surface area contributed by atoms with Crippen molar-refractivity contribution in [3.05, 3.63) is 65.5 Å². The van der Waals surface area contributed by atoms with Gasteiger partial charge < -0.3 is 5.11 Å². The zero-order chi connectivity index (χ0) is 17.0. The fraction of sp³-hybridized carbons (Fsp3) is 0.0625. The van der Waals surface area contributed by atoms with Crippen LogP contribution >= 0.6 is 0 Å². The second-order valence-corrected chi connectivity index (χ2v) is 6.50. The van der Waals surface area contributed by atoms with Crippen LogP contribution in [0.4, 0.5) is 10.1 Å². The predicted octanol–water partition coefficient (Wildman–Crippen LogP) is 3.03. The topological polar surface area (TPSA) is 83.5 Å². The third kappa shape index (κ3) is 4.40. The largest absolute Gasteiger partial charge is 0.478 e. The van der Waals surface area contributed by atoms with Crippen LogP contribution in [0.5, 0.6) is 0 Å². The average molecular weight is 335 g/mol.